The van der Waals surface area contributed by atoms with E-state index in [1.807, 2.05) is 5.32 Å². The van der Waals surface area contributed by atoms with Crippen LogP contribution in [0.3, 0.4) is 0 Å². The molecule has 0 heterocycles. The van der Waals surface area contributed by atoms with Gasteiger partial charge in [0.25, 0.3) is 5.91 Å². The Hall–Kier alpha value is -3.03. The van der Waals surface area contributed by atoms with Crippen LogP contribution in [0.1, 0.15) is 12.5 Å². The topological polar surface area (TPSA) is 100 Å². The number of amides is 2. The van der Waals surface area contributed by atoms with Crippen molar-refractivity contribution in [2.45, 2.75) is 6.92 Å². The Morgan fingerprint density at radius 2 is 1.88 bits per heavy atom. The zero-order chi connectivity index (χ0) is 17.9. The van der Waals surface area contributed by atoms with Crippen molar-refractivity contribution in [2.24, 2.45) is 0 Å². The van der Waals surface area contributed by atoms with Crippen LogP contribution < -0.4 is 14.8 Å². The summed E-state index contributed by atoms with van der Waals surface area (Å²) >= 11 is 0. The van der Waals surface area contributed by atoms with Crippen molar-refractivity contribution in [3.05, 3.63) is 29.8 Å². The fraction of sp³-hybridized carbons (Fsp3) is 0.312. The molecular weight excluding hydrogens is 318 g/mol. The highest BCUT2D eigenvalue weighted by molar-refractivity contribution is 5.94. The molecule has 0 aliphatic heterocycles. The molecule has 0 bridgehead atoms. The molecule has 0 aliphatic rings. The molecular formula is C16H19NO7. The van der Waals surface area contributed by atoms with Gasteiger partial charge in [0.1, 0.15) is 0 Å². The molecule has 0 radical (unpaired) electrons. The summed E-state index contributed by atoms with van der Waals surface area (Å²) in [4.78, 5) is 34.0. The first-order valence-electron chi connectivity index (χ1n) is 7.04. The van der Waals surface area contributed by atoms with Gasteiger partial charge in [-0.15, -0.1) is 0 Å². The lowest BCUT2D eigenvalue weighted by Gasteiger charge is -2.09. The minimum Gasteiger partial charge on any atom is -0.493 e. The molecule has 2 amide bonds. The summed E-state index contributed by atoms with van der Waals surface area (Å²) in [5.41, 5.74) is 0.602. The first-order chi connectivity index (χ1) is 11.5. The van der Waals surface area contributed by atoms with Crippen molar-refractivity contribution in [2.75, 3.05) is 27.4 Å². The van der Waals surface area contributed by atoms with Crippen molar-refractivity contribution in [1.82, 2.24) is 5.32 Å². The summed E-state index contributed by atoms with van der Waals surface area (Å²) in [6.07, 6.45) is 1.71. The van der Waals surface area contributed by atoms with Gasteiger partial charge in [0, 0.05) is 11.6 Å². The summed E-state index contributed by atoms with van der Waals surface area (Å²) in [6.45, 7) is 1.13. The molecule has 8 nitrogen and oxygen atoms in total. The lowest BCUT2D eigenvalue weighted by molar-refractivity contribution is -0.143. The molecule has 1 rings (SSSR count). The number of esters is 1. The Bertz CT molecular complexity index is 625. The number of carbonyl (C=O) groups excluding carboxylic acids is 3. The van der Waals surface area contributed by atoms with E-state index in [1.165, 1.54) is 20.3 Å². The number of para-hydroxylation sites is 1. The molecule has 0 fully saturated rings. The average molecular weight is 337 g/mol. The number of alkyl carbamates (subject to hydrolysis) is 1. The molecule has 0 unspecified atom stereocenters. The van der Waals surface area contributed by atoms with Crippen LogP contribution in [-0.4, -0.2) is 45.4 Å². The minimum atomic E-state index is -0.893. The van der Waals surface area contributed by atoms with Gasteiger partial charge in [0.2, 0.25) is 0 Å². The Kier molecular flexibility index (Phi) is 7.83. The van der Waals surface area contributed by atoms with Crippen molar-refractivity contribution < 1.29 is 33.3 Å². The molecule has 1 aromatic carbocycles. The smallest absolute Gasteiger partial charge is 0.413 e. The molecule has 24 heavy (non-hydrogen) atoms. The third kappa shape index (κ3) is 5.99. The van der Waals surface area contributed by atoms with E-state index in [1.54, 1.807) is 25.1 Å². The summed E-state index contributed by atoms with van der Waals surface area (Å²) < 4.78 is 19.6. The van der Waals surface area contributed by atoms with Gasteiger partial charge < -0.3 is 18.9 Å². The number of hydrogen-bond acceptors (Lipinski definition) is 7. The molecule has 130 valence electrons. The van der Waals surface area contributed by atoms with E-state index in [9.17, 15) is 14.4 Å². The summed E-state index contributed by atoms with van der Waals surface area (Å²) in [6, 6.07) is 5.17. The molecule has 0 atom stereocenters. The highest BCUT2D eigenvalue weighted by Crippen LogP contribution is 2.31. The van der Waals surface area contributed by atoms with Gasteiger partial charge in [0.05, 0.1) is 20.8 Å². The van der Waals surface area contributed by atoms with Crippen molar-refractivity contribution >= 4 is 24.0 Å². The number of nitrogens with one attached hydrogen (secondary N) is 1. The highest BCUT2D eigenvalue weighted by atomic mass is 16.6. The zero-order valence-corrected chi connectivity index (χ0v) is 13.7. The van der Waals surface area contributed by atoms with Crippen molar-refractivity contribution in [3.8, 4) is 11.5 Å². The molecule has 0 spiro atoms. The second-order valence-electron chi connectivity index (χ2n) is 4.29. The number of hydrogen-bond donors (Lipinski definition) is 1. The van der Waals surface area contributed by atoms with E-state index in [4.69, 9.17) is 14.2 Å². The van der Waals surface area contributed by atoms with Gasteiger partial charge in [-0.05, 0) is 19.1 Å². The number of ether oxygens (including phenoxy) is 4. The lowest BCUT2D eigenvalue weighted by Crippen LogP contribution is -2.34. The molecule has 1 N–H and O–H groups in total. The predicted molar refractivity (Wildman–Crippen MR) is 84.7 cm³/mol. The van der Waals surface area contributed by atoms with Crippen LogP contribution >= 0.6 is 0 Å². The monoisotopic (exact) mass is 337 g/mol. The predicted octanol–water partition coefficient (Wildman–Crippen LogP) is 1.53. The van der Waals surface area contributed by atoms with E-state index < -0.39 is 24.6 Å². The van der Waals surface area contributed by atoms with Gasteiger partial charge in [0.15, 0.2) is 18.1 Å². The first kappa shape index (κ1) is 19.0. The van der Waals surface area contributed by atoms with Crippen LogP contribution in [0.5, 0.6) is 11.5 Å². The molecule has 0 saturated heterocycles. The second-order valence-corrected chi connectivity index (χ2v) is 4.29. The molecule has 8 heteroatoms. The highest BCUT2D eigenvalue weighted by Gasteiger charge is 2.11. The van der Waals surface area contributed by atoms with E-state index >= 15 is 0 Å². The number of imide groups is 1. The SMILES string of the molecule is CCOC(=O)NC(=O)COC(=O)/C=C/c1cccc(OC)c1OC. The maximum Gasteiger partial charge on any atom is 0.413 e. The van der Waals surface area contributed by atoms with Crippen LogP contribution in [-0.2, 0) is 19.1 Å². The Labute approximate surface area is 139 Å². The largest absolute Gasteiger partial charge is 0.493 e. The third-order valence-electron chi connectivity index (χ3n) is 2.69. The number of methoxy groups -OCH3 is 2. The summed E-state index contributed by atoms with van der Waals surface area (Å²) in [7, 11) is 2.98. The van der Waals surface area contributed by atoms with Crippen LogP contribution in [0.15, 0.2) is 24.3 Å². The van der Waals surface area contributed by atoms with Gasteiger partial charge in [-0.25, -0.2) is 9.59 Å². The molecule has 0 saturated carbocycles. The fourth-order valence-electron chi connectivity index (χ4n) is 1.70. The third-order valence-corrected chi connectivity index (χ3v) is 2.69. The quantitative estimate of drug-likeness (QED) is 0.595. The Morgan fingerprint density at radius 3 is 2.50 bits per heavy atom. The molecule has 0 aliphatic carbocycles. The second kappa shape index (κ2) is 9.88. The normalized spacial score (nSPS) is 10.1. The number of carbonyl (C=O) groups is 3. The summed E-state index contributed by atoms with van der Waals surface area (Å²) in [5.74, 6) is -0.557. The molecule has 1 aromatic rings. The van der Waals surface area contributed by atoms with Crippen LogP contribution in [0.2, 0.25) is 0 Å². The van der Waals surface area contributed by atoms with Gasteiger partial charge in [-0.1, -0.05) is 12.1 Å². The van der Waals surface area contributed by atoms with Crippen molar-refractivity contribution in [3.63, 3.8) is 0 Å². The van der Waals surface area contributed by atoms with Gasteiger partial charge in [-0.3, -0.25) is 10.1 Å². The van der Waals surface area contributed by atoms with Crippen LogP contribution in [0, 0.1) is 0 Å². The zero-order valence-electron chi connectivity index (χ0n) is 13.7. The van der Waals surface area contributed by atoms with Crippen molar-refractivity contribution in [1.29, 1.82) is 0 Å². The fourth-order valence-corrected chi connectivity index (χ4v) is 1.70. The number of rotatable bonds is 7. The number of benzene rings is 1. The van der Waals surface area contributed by atoms with E-state index in [0.717, 1.165) is 6.08 Å². The minimum absolute atomic E-state index is 0.129. The standard InChI is InChI=1S/C16H19NO7/c1-4-23-16(20)17-13(18)10-24-14(19)9-8-11-6-5-7-12(21-2)15(11)22-3/h5-9H,4,10H2,1-3H3,(H,17,18,20)/b9-8+. The Balaban J connectivity index is 2.58. The lowest BCUT2D eigenvalue weighted by atomic mass is 10.1. The van der Waals surface area contributed by atoms with Crippen LogP contribution in [0.4, 0.5) is 4.79 Å². The Morgan fingerprint density at radius 1 is 1.12 bits per heavy atom. The van der Waals surface area contributed by atoms with Gasteiger partial charge in [-0.2, -0.15) is 0 Å². The van der Waals surface area contributed by atoms with Crippen LogP contribution in [0.25, 0.3) is 6.08 Å². The average Bonchev–Trinajstić information content (AvgIpc) is 2.57. The van der Waals surface area contributed by atoms with Gasteiger partial charge >= 0.3 is 12.1 Å². The maximum atomic E-state index is 11.6. The van der Waals surface area contributed by atoms with E-state index in [2.05, 4.69) is 4.74 Å². The summed E-state index contributed by atoms with van der Waals surface area (Å²) in [5, 5.41) is 1.91. The van der Waals surface area contributed by atoms with E-state index in [0.29, 0.717) is 17.1 Å². The molecule has 0 aromatic heterocycles. The maximum absolute atomic E-state index is 11.6. The first-order valence-corrected chi connectivity index (χ1v) is 7.04. The van der Waals surface area contributed by atoms with E-state index in [-0.39, 0.29) is 6.61 Å².